The molecule has 1 N–H and O–H groups in total. The van der Waals surface area contributed by atoms with E-state index in [1.54, 1.807) is 13.2 Å². The monoisotopic (exact) mass is 312 g/mol. The zero-order valence-electron chi connectivity index (χ0n) is 13.1. The number of nitrogens with one attached hydrogen (secondary N) is 1. The van der Waals surface area contributed by atoms with Gasteiger partial charge >= 0.3 is 0 Å². The number of rotatable bonds is 4. The summed E-state index contributed by atoms with van der Waals surface area (Å²) in [5.41, 5.74) is 0.898. The number of furan rings is 1. The van der Waals surface area contributed by atoms with Crippen molar-refractivity contribution < 1.29 is 13.9 Å². The molecule has 2 aromatic rings. The molecule has 0 aliphatic carbocycles. The van der Waals surface area contributed by atoms with E-state index in [9.17, 15) is 4.79 Å². The first-order chi connectivity index (χ1) is 11.2. The van der Waals surface area contributed by atoms with Gasteiger partial charge in [0.05, 0.1) is 7.11 Å². The van der Waals surface area contributed by atoms with Gasteiger partial charge in [0.25, 0.3) is 5.91 Å². The minimum atomic E-state index is -0.127. The summed E-state index contributed by atoms with van der Waals surface area (Å²) in [4.78, 5) is 14.8. The molecule has 2 fully saturated rings. The Balaban J connectivity index is 1.47. The lowest BCUT2D eigenvalue weighted by atomic mass is 10.00. The fourth-order valence-corrected chi connectivity index (χ4v) is 3.58. The molecule has 0 saturated carbocycles. The number of methoxy groups -OCH3 is 1. The molecule has 5 nitrogen and oxygen atoms in total. The van der Waals surface area contributed by atoms with Crippen molar-refractivity contribution in [3.05, 3.63) is 42.2 Å². The normalized spacial score (nSPS) is 25.5. The van der Waals surface area contributed by atoms with Crippen molar-refractivity contribution in [3.8, 4) is 17.1 Å². The van der Waals surface area contributed by atoms with Crippen molar-refractivity contribution in [2.75, 3.05) is 26.7 Å². The minimum absolute atomic E-state index is 0.127. The van der Waals surface area contributed by atoms with Gasteiger partial charge in [-0.05, 0) is 43.1 Å². The highest BCUT2D eigenvalue weighted by atomic mass is 16.5. The van der Waals surface area contributed by atoms with Crippen LogP contribution >= 0.6 is 0 Å². The Morgan fingerprint density at radius 1 is 1.30 bits per heavy atom. The zero-order valence-corrected chi connectivity index (χ0v) is 13.1. The molecule has 2 saturated heterocycles. The second-order valence-corrected chi connectivity index (χ2v) is 6.28. The van der Waals surface area contributed by atoms with Crippen LogP contribution in [0.4, 0.5) is 0 Å². The lowest BCUT2D eigenvalue weighted by Gasteiger charge is -2.22. The van der Waals surface area contributed by atoms with Gasteiger partial charge in [-0.2, -0.15) is 0 Å². The quantitative estimate of drug-likeness (QED) is 0.942. The van der Waals surface area contributed by atoms with Crippen molar-refractivity contribution in [1.82, 2.24) is 10.2 Å². The third kappa shape index (κ3) is 2.72. The van der Waals surface area contributed by atoms with E-state index in [-0.39, 0.29) is 11.9 Å². The lowest BCUT2D eigenvalue weighted by Crippen LogP contribution is -2.43. The summed E-state index contributed by atoms with van der Waals surface area (Å²) in [6.07, 6.45) is 1.18. The standard InChI is InChI=1S/C18H20N2O3/c1-22-14-4-2-3-12(9-14)16-5-6-17(23-16)18(21)19-15-11-20-8-7-13(15)10-20/h2-6,9,13,15H,7-8,10-11H2,1H3,(H,19,21)/t13-,15-/m0/s1. The number of ether oxygens (including phenoxy) is 1. The Hall–Kier alpha value is -2.27. The molecule has 2 bridgehead atoms. The summed E-state index contributed by atoms with van der Waals surface area (Å²) >= 11 is 0. The van der Waals surface area contributed by atoms with Crippen LogP contribution in [0.25, 0.3) is 11.3 Å². The van der Waals surface area contributed by atoms with Crippen LogP contribution in [0.3, 0.4) is 0 Å². The Labute approximate surface area is 135 Å². The van der Waals surface area contributed by atoms with Crippen molar-refractivity contribution >= 4 is 5.91 Å². The molecular formula is C18H20N2O3. The molecule has 23 heavy (non-hydrogen) atoms. The SMILES string of the molecule is COc1cccc(-c2ccc(C(=O)N[C@H]3CN4CC[C@H]3C4)o2)c1. The van der Waals surface area contributed by atoms with Crippen LogP contribution in [0.1, 0.15) is 17.0 Å². The maximum atomic E-state index is 12.4. The van der Waals surface area contributed by atoms with Crippen LogP contribution in [-0.2, 0) is 0 Å². The summed E-state index contributed by atoms with van der Waals surface area (Å²) in [5.74, 6) is 2.26. The van der Waals surface area contributed by atoms with Crippen molar-refractivity contribution in [2.24, 2.45) is 5.92 Å². The number of benzene rings is 1. The fraction of sp³-hybridized carbons (Fsp3) is 0.389. The van der Waals surface area contributed by atoms with Gasteiger partial charge in [0.15, 0.2) is 5.76 Å². The molecule has 0 spiro atoms. The highest BCUT2D eigenvalue weighted by molar-refractivity contribution is 5.92. The second kappa shape index (κ2) is 5.74. The topological polar surface area (TPSA) is 54.7 Å². The molecule has 120 valence electrons. The molecule has 1 aromatic heterocycles. The van der Waals surface area contributed by atoms with Crippen LogP contribution < -0.4 is 10.1 Å². The van der Waals surface area contributed by atoms with Gasteiger partial charge in [-0.3, -0.25) is 4.79 Å². The van der Waals surface area contributed by atoms with Crippen molar-refractivity contribution in [2.45, 2.75) is 12.5 Å². The third-order valence-corrected chi connectivity index (χ3v) is 4.83. The lowest BCUT2D eigenvalue weighted by molar-refractivity contribution is 0.0897. The van der Waals surface area contributed by atoms with E-state index >= 15 is 0 Å². The Morgan fingerprint density at radius 3 is 2.96 bits per heavy atom. The Kier molecular flexibility index (Phi) is 3.58. The Morgan fingerprint density at radius 2 is 2.22 bits per heavy atom. The summed E-state index contributed by atoms with van der Waals surface area (Å²) in [6, 6.07) is 11.4. The van der Waals surface area contributed by atoms with Gasteiger partial charge in [-0.15, -0.1) is 0 Å². The van der Waals surface area contributed by atoms with Gasteiger partial charge in [0, 0.05) is 24.7 Å². The summed E-state index contributed by atoms with van der Waals surface area (Å²) in [5, 5.41) is 3.11. The highest BCUT2D eigenvalue weighted by Crippen LogP contribution is 2.29. The van der Waals surface area contributed by atoms with E-state index in [4.69, 9.17) is 9.15 Å². The molecule has 0 radical (unpaired) electrons. The molecular weight excluding hydrogens is 292 g/mol. The molecule has 1 aromatic carbocycles. The fourth-order valence-electron chi connectivity index (χ4n) is 3.58. The second-order valence-electron chi connectivity index (χ2n) is 6.28. The van der Waals surface area contributed by atoms with E-state index in [1.165, 1.54) is 6.42 Å². The maximum absolute atomic E-state index is 12.4. The number of carbonyl (C=O) groups is 1. The van der Waals surface area contributed by atoms with Crippen molar-refractivity contribution in [1.29, 1.82) is 0 Å². The zero-order chi connectivity index (χ0) is 15.8. The number of carbonyl (C=O) groups excluding carboxylic acids is 1. The molecule has 3 atom stereocenters. The third-order valence-electron chi connectivity index (χ3n) is 4.83. The highest BCUT2D eigenvalue weighted by Gasteiger charge is 2.38. The predicted octanol–water partition coefficient (Wildman–Crippen LogP) is 2.39. The first-order valence-corrected chi connectivity index (χ1v) is 8.00. The minimum Gasteiger partial charge on any atom is -0.497 e. The van der Waals surface area contributed by atoms with E-state index in [1.807, 2.05) is 30.3 Å². The van der Waals surface area contributed by atoms with E-state index in [2.05, 4.69) is 10.2 Å². The average molecular weight is 312 g/mol. The largest absolute Gasteiger partial charge is 0.497 e. The van der Waals surface area contributed by atoms with Crippen molar-refractivity contribution in [3.63, 3.8) is 0 Å². The van der Waals surface area contributed by atoms with Gasteiger partial charge in [0.1, 0.15) is 11.5 Å². The summed E-state index contributed by atoms with van der Waals surface area (Å²) in [7, 11) is 1.63. The Bertz CT molecular complexity index is 725. The van der Waals surface area contributed by atoms with E-state index in [0.29, 0.717) is 17.4 Å². The number of piperidine rings is 1. The van der Waals surface area contributed by atoms with Crippen LogP contribution in [-0.4, -0.2) is 43.6 Å². The average Bonchev–Trinajstić information content (AvgIpc) is 3.31. The summed E-state index contributed by atoms with van der Waals surface area (Å²) < 4.78 is 11.0. The number of hydrogen-bond donors (Lipinski definition) is 1. The van der Waals surface area contributed by atoms with Crippen LogP contribution in [0.15, 0.2) is 40.8 Å². The molecule has 4 rings (SSSR count). The molecule has 5 heteroatoms. The van der Waals surface area contributed by atoms with Crippen LogP contribution in [0.5, 0.6) is 5.75 Å². The first-order valence-electron chi connectivity index (χ1n) is 8.00. The smallest absolute Gasteiger partial charge is 0.287 e. The van der Waals surface area contributed by atoms with Gasteiger partial charge in [-0.25, -0.2) is 0 Å². The number of hydrogen-bond acceptors (Lipinski definition) is 4. The van der Waals surface area contributed by atoms with Gasteiger partial charge < -0.3 is 19.4 Å². The molecule has 2 aliphatic rings. The van der Waals surface area contributed by atoms with Crippen LogP contribution in [0.2, 0.25) is 0 Å². The van der Waals surface area contributed by atoms with Gasteiger partial charge in [-0.1, -0.05) is 12.1 Å². The number of amides is 1. The molecule has 3 heterocycles. The number of fused-ring (bicyclic) bond motifs is 2. The van der Waals surface area contributed by atoms with Gasteiger partial charge in [0.2, 0.25) is 0 Å². The summed E-state index contributed by atoms with van der Waals surface area (Å²) in [6.45, 7) is 3.23. The van der Waals surface area contributed by atoms with Crippen LogP contribution in [0, 0.1) is 5.92 Å². The molecule has 1 unspecified atom stereocenters. The maximum Gasteiger partial charge on any atom is 0.287 e. The number of nitrogens with zero attached hydrogens (tertiary/aromatic N) is 1. The van der Waals surface area contributed by atoms with E-state index in [0.717, 1.165) is 30.9 Å². The molecule has 1 amide bonds. The predicted molar refractivity (Wildman–Crippen MR) is 86.5 cm³/mol. The van der Waals surface area contributed by atoms with E-state index < -0.39 is 0 Å². The molecule has 2 aliphatic heterocycles. The first kappa shape index (κ1) is 14.3.